The van der Waals surface area contributed by atoms with E-state index in [4.69, 9.17) is 17.3 Å². The summed E-state index contributed by atoms with van der Waals surface area (Å²) in [7, 11) is 0. The van der Waals surface area contributed by atoms with E-state index in [1.54, 1.807) is 0 Å². The van der Waals surface area contributed by atoms with Crippen molar-refractivity contribution in [2.75, 3.05) is 13.1 Å². The van der Waals surface area contributed by atoms with Gasteiger partial charge in [-0.15, -0.1) is 0 Å². The second-order valence-electron chi connectivity index (χ2n) is 5.65. The fraction of sp³-hybridized carbons (Fsp3) is 0.625. The van der Waals surface area contributed by atoms with Crippen molar-refractivity contribution in [2.45, 2.75) is 45.2 Å². The van der Waals surface area contributed by atoms with Gasteiger partial charge in [-0.25, -0.2) is 0 Å². The van der Waals surface area contributed by atoms with Crippen LogP contribution in [0.1, 0.15) is 38.2 Å². The molecule has 0 radical (unpaired) electrons. The molecule has 20 heavy (non-hydrogen) atoms. The third kappa shape index (κ3) is 3.97. The predicted octanol–water partition coefficient (Wildman–Crippen LogP) is 4.44. The summed E-state index contributed by atoms with van der Waals surface area (Å²) in [4.78, 5) is 2.55. The van der Waals surface area contributed by atoms with Crippen molar-refractivity contribution in [2.24, 2.45) is 11.7 Å². The normalized spacial score (nSPS) is 23.2. The Bertz CT molecular complexity index is 438. The van der Waals surface area contributed by atoms with E-state index in [0.717, 1.165) is 29.1 Å². The zero-order valence-corrected chi connectivity index (χ0v) is 14.5. The molecular formula is C16H24BrClN2. The van der Waals surface area contributed by atoms with Crippen LogP contribution in [-0.2, 0) is 6.54 Å². The summed E-state index contributed by atoms with van der Waals surface area (Å²) >= 11 is 9.87. The number of nitrogens with zero attached hydrogens (tertiary/aromatic N) is 1. The van der Waals surface area contributed by atoms with Crippen molar-refractivity contribution in [3.05, 3.63) is 33.3 Å². The largest absolute Gasteiger partial charge is 0.330 e. The molecule has 112 valence electrons. The molecule has 2 rings (SSSR count). The molecule has 0 aliphatic heterocycles. The second kappa shape index (κ2) is 7.79. The van der Waals surface area contributed by atoms with E-state index in [9.17, 15) is 0 Å². The van der Waals surface area contributed by atoms with Crippen LogP contribution in [0, 0.1) is 5.92 Å². The lowest BCUT2D eigenvalue weighted by Gasteiger charge is -2.39. The topological polar surface area (TPSA) is 29.3 Å². The molecule has 0 aromatic heterocycles. The number of hydrogen-bond acceptors (Lipinski definition) is 2. The van der Waals surface area contributed by atoms with Crippen LogP contribution in [0.5, 0.6) is 0 Å². The van der Waals surface area contributed by atoms with Crippen LogP contribution in [0.3, 0.4) is 0 Å². The van der Waals surface area contributed by atoms with Crippen LogP contribution >= 0.6 is 27.5 Å². The Balaban J connectivity index is 2.13. The van der Waals surface area contributed by atoms with Gasteiger partial charge >= 0.3 is 0 Å². The molecule has 4 heteroatoms. The maximum Gasteiger partial charge on any atom is 0.0451 e. The van der Waals surface area contributed by atoms with Crippen LogP contribution < -0.4 is 5.73 Å². The zero-order chi connectivity index (χ0) is 14.5. The number of benzene rings is 1. The molecular weight excluding hydrogens is 336 g/mol. The Morgan fingerprint density at radius 1 is 1.35 bits per heavy atom. The SMILES string of the molecule is CCN(Cc1cc(Br)ccc1Cl)C1CCCCC1CN. The first kappa shape index (κ1) is 16.3. The van der Waals surface area contributed by atoms with Crippen molar-refractivity contribution in [1.82, 2.24) is 4.90 Å². The molecule has 0 saturated heterocycles. The van der Waals surface area contributed by atoms with Crippen LogP contribution in [0.25, 0.3) is 0 Å². The van der Waals surface area contributed by atoms with E-state index in [-0.39, 0.29) is 0 Å². The van der Waals surface area contributed by atoms with Gasteiger partial charge in [-0.3, -0.25) is 4.90 Å². The lowest BCUT2D eigenvalue weighted by Crippen LogP contribution is -2.44. The van der Waals surface area contributed by atoms with E-state index < -0.39 is 0 Å². The van der Waals surface area contributed by atoms with Gasteiger partial charge in [-0.2, -0.15) is 0 Å². The summed E-state index contributed by atoms with van der Waals surface area (Å²) in [5.41, 5.74) is 7.17. The molecule has 2 N–H and O–H groups in total. The maximum atomic E-state index is 6.33. The summed E-state index contributed by atoms with van der Waals surface area (Å²) in [5.74, 6) is 0.634. The summed E-state index contributed by atoms with van der Waals surface area (Å²) in [6.45, 7) is 4.99. The summed E-state index contributed by atoms with van der Waals surface area (Å²) in [6, 6.07) is 6.70. The zero-order valence-electron chi connectivity index (χ0n) is 12.1. The van der Waals surface area contributed by atoms with Gasteiger partial charge in [0.05, 0.1) is 0 Å². The molecule has 1 saturated carbocycles. The number of rotatable bonds is 5. The fourth-order valence-corrected chi connectivity index (χ4v) is 3.88. The summed E-state index contributed by atoms with van der Waals surface area (Å²) in [6.07, 6.45) is 5.18. The van der Waals surface area contributed by atoms with E-state index in [1.165, 1.54) is 31.2 Å². The standard InChI is InChI=1S/C16H24BrClN2/c1-2-20(16-6-4-3-5-12(16)10-19)11-13-9-14(17)7-8-15(13)18/h7-9,12,16H,2-6,10-11,19H2,1H3. The summed E-state index contributed by atoms with van der Waals surface area (Å²) in [5, 5.41) is 0.853. The van der Waals surface area contributed by atoms with Gasteiger partial charge in [0, 0.05) is 22.1 Å². The highest BCUT2D eigenvalue weighted by molar-refractivity contribution is 9.10. The molecule has 2 atom stereocenters. The number of hydrogen-bond donors (Lipinski definition) is 1. The average Bonchev–Trinajstić information content (AvgIpc) is 2.48. The molecule has 1 aliphatic rings. The molecule has 2 unspecified atom stereocenters. The third-order valence-electron chi connectivity index (χ3n) is 4.43. The van der Waals surface area contributed by atoms with Crippen molar-refractivity contribution >= 4 is 27.5 Å². The fourth-order valence-electron chi connectivity index (χ4n) is 3.29. The molecule has 1 fully saturated rings. The number of halogens is 2. The Kier molecular flexibility index (Phi) is 6.34. The van der Waals surface area contributed by atoms with Gasteiger partial charge in [-0.05, 0) is 55.6 Å². The number of nitrogens with two attached hydrogens (primary N) is 1. The quantitative estimate of drug-likeness (QED) is 0.842. The lowest BCUT2D eigenvalue weighted by molar-refractivity contribution is 0.105. The first-order valence-corrected chi connectivity index (χ1v) is 8.70. The molecule has 2 nitrogen and oxygen atoms in total. The van der Waals surface area contributed by atoms with E-state index in [2.05, 4.69) is 33.8 Å². The molecule has 1 aromatic carbocycles. The van der Waals surface area contributed by atoms with Gasteiger partial charge in [0.2, 0.25) is 0 Å². The highest BCUT2D eigenvalue weighted by Crippen LogP contribution is 2.30. The highest BCUT2D eigenvalue weighted by Gasteiger charge is 2.28. The molecule has 0 amide bonds. The first-order valence-electron chi connectivity index (χ1n) is 7.53. The minimum Gasteiger partial charge on any atom is -0.330 e. The summed E-state index contributed by atoms with van der Waals surface area (Å²) < 4.78 is 1.09. The van der Waals surface area contributed by atoms with Crippen LogP contribution in [0.15, 0.2) is 22.7 Å². The minimum absolute atomic E-state index is 0.605. The molecule has 0 bridgehead atoms. The molecule has 0 heterocycles. The van der Waals surface area contributed by atoms with Gasteiger partial charge in [0.1, 0.15) is 0 Å². The Morgan fingerprint density at radius 3 is 2.80 bits per heavy atom. The minimum atomic E-state index is 0.605. The molecule has 1 aliphatic carbocycles. The first-order chi connectivity index (χ1) is 9.65. The van der Waals surface area contributed by atoms with Crippen molar-refractivity contribution < 1.29 is 0 Å². The van der Waals surface area contributed by atoms with Crippen molar-refractivity contribution in [3.63, 3.8) is 0 Å². The predicted molar refractivity (Wildman–Crippen MR) is 90.0 cm³/mol. The Hall–Kier alpha value is -0.0900. The van der Waals surface area contributed by atoms with Gasteiger partial charge < -0.3 is 5.73 Å². The van der Waals surface area contributed by atoms with Crippen LogP contribution in [0.4, 0.5) is 0 Å². The highest BCUT2D eigenvalue weighted by atomic mass is 79.9. The van der Waals surface area contributed by atoms with E-state index in [0.29, 0.717) is 12.0 Å². The van der Waals surface area contributed by atoms with Crippen molar-refractivity contribution in [3.8, 4) is 0 Å². The Labute approximate surface area is 135 Å². The van der Waals surface area contributed by atoms with Crippen molar-refractivity contribution in [1.29, 1.82) is 0 Å². The molecule has 1 aromatic rings. The van der Waals surface area contributed by atoms with E-state index in [1.807, 2.05) is 12.1 Å². The third-order valence-corrected chi connectivity index (χ3v) is 5.29. The van der Waals surface area contributed by atoms with E-state index >= 15 is 0 Å². The van der Waals surface area contributed by atoms with Crippen LogP contribution in [-0.4, -0.2) is 24.0 Å². The maximum absolute atomic E-state index is 6.33. The average molecular weight is 360 g/mol. The Morgan fingerprint density at radius 2 is 2.10 bits per heavy atom. The molecule has 0 spiro atoms. The van der Waals surface area contributed by atoms with Gasteiger partial charge in [0.15, 0.2) is 0 Å². The smallest absolute Gasteiger partial charge is 0.0451 e. The lowest BCUT2D eigenvalue weighted by atomic mass is 9.83. The van der Waals surface area contributed by atoms with Gasteiger partial charge in [0.25, 0.3) is 0 Å². The second-order valence-corrected chi connectivity index (χ2v) is 6.97. The van der Waals surface area contributed by atoms with Gasteiger partial charge in [-0.1, -0.05) is 47.3 Å². The monoisotopic (exact) mass is 358 g/mol. The van der Waals surface area contributed by atoms with Crippen LogP contribution in [0.2, 0.25) is 5.02 Å².